The number of hydrogen-bond acceptors (Lipinski definition) is 5. The predicted octanol–water partition coefficient (Wildman–Crippen LogP) is 2.77. The first-order valence-corrected chi connectivity index (χ1v) is 8.80. The number of carbonyl (C=O) groups is 1. The van der Waals surface area contributed by atoms with Crippen LogP contribution in [0.2, 0.25) is 5.02 Å². The Labute approximate surface area is 157 Å². The molecule has 0 aliphatic carbocycles. The Morgan fingerprint density at radius 3 is 2.85 bits per heavy atom. The van der Waals surface area contributed by atoms with E-state index in [4.69, 9.17) is 21.1 Å². The van der Waals surface area contributed by atoms with E-state index in [1.165, 1.54) is 0 Å². The first kappa shape index (κ1) is 18.3. The third-order valence-electron chi connectivity index (χ3n) is 3.79. The SMILES string of the molecule is O=C(NCCOc1cccc(Cl)c1)Nc1ccc(N2CCOCC2)nc1. The summed E-state index contributed by atoms with van der Waals surface area (Å²) in [6, 6.07) is 10.5. The maximum atomic E-state index is 11.9. The molecule has 1 saturated heterocycles. The van der Waals surface area contributed by atoms with Gasteiger partial charge in [-0.3, -0.25) is 0 Å². The van der Waals surface area contributed by atoms with E-state index in [0.29, 0.717) is 42.8 Å². The van der Waals surface area contributed by atoms with E-state index in [-0.39, 0.29) is 6.03 Å². The number of morpholine rings is 1. The lowest BCUT2D eigenvalue weighted by Gasteiger charge is -2.27. The van der Waals surface area contributed by atoms with Crippen molar-refractivity contribution >= 4 is 29.1 Å². The minimum Gasteiger partial charge on any atom is -0.492 e. The van der Waals surface area contributed by atoms with Crippen LogP contribution in [0.5, 0.6) is 5.75 Å². The lowest BCUT2D eigenvalue weighted by atomic mass is 10.3. The molecule has 1 aromatic carbocycles. The monoisotopic (exact) mass is 376 g/mol. The summed E-state index contributed by atoms with van der Waals surface area (Å²) in [6.07, 6.45) is 1.65. The van der Waals surface area contributed by atoms with Crippen LogP contribution < -0.4 is 20.3 Å². The second kappa shape index (κ2) is 9.26. The fraction of sp³-hybridized carbons (Fsp3) is 0.333. The third kappa shape index (κ3) is 5.50. The number of ether oxygens (including phenoxy) is 2. The number of urea groups is 1. The van der Waals surface area contributed by atoms with Gasteiger partial charge in [-0.25, -0.2) is 9.78 Å². The summed E-state index contributed by atoms with van der Waals surface area (Å²) >= 11 is 5.88. The van der Waals surface area contributed by atoms with Gasteiger partial charge in [0, 0.05) is 18.1 Å². The Kier molecular flexibility index (Phi) is 6.51. The lowest BCUT2D eigenvalue weighted by Crippen LogP contribution is -2.36. The standard InChI is InChI=1S/C18H21ClN4O3/c19-14-2-1-3-16(12-14)26-9-6-20-18(24)22-15-4-5-17(21-13-15)23-7-10-25-11-8-23/h1-5,12-13H,6-11H2,(H2,20,22,24). The quantitative estimate of drug-likeness (QED) is 0.758. The average molecular weight is 377 g/mol. The van der Waals surface area contributed by atoms with Gasteiger partial charge in [0.25, 0.3) is 0 Å². The van der Waals surface area contributed by atoms with Crippen LogP contribution in [0.15, 0.2) is 42.6 Å². The van der Waals surface area contributed by atoms with Gasteiger partial charge in [-0.05, 0) is 30.3 Å². The molecule has 0 bridgehead atoms. The van der Waals surface area contributed by atoms with Crippen molar-refractivity contribution in [3.05, 3.63) is 47.6 Å². The van der Waals surface area contributed by atoms with E-state index in [1.54, 1.807) is 18.3 Å². The fourth-order valence-corrected chi connectivity index (χ4v) is 2.69. The fourth-order valence-electron chi connectivity index (χ4n) is 2.51. The molecule has 1 fully saturated rings. The topological polar surface area (TPSA) is 75.7 Å². The van der Waals surface area contributed by atoms with Gasteiger partial charge in [0.1, 0.15) is 18.2 Å². The van der Waals surface area contributed by atoms with Crippen LogP contribution in [0, 0.1) is 0 Å². The van der Waals surface area contributed by atoms with Crippen LogP contribution in [-0.2, 0) is 4.74 Å². The molecule has 1 aliphatic heterocycles. The van der Waals surface area contributed by atoms with Crippen molar-refractivity contribution in [3.8, 4) is 5.75 Å². The zero-order chi connectivity index (χ0) is 18.2. The molecular weight excluding hydrogens is 356 g/mol. The average Bonchev–Trinajstić information content (AvgIpc) is 2.67. The smallest absolute Gasteiger partial charge is 0.319 e. The highest BCUT2D eigenvalue weighted by atomic mass is 35.5. The highest BCUT2D eigenvalue weighted by Gasteiger charge is 2.12. The van der Waals surface area contributed by atoms with Gasteiger partial charge in [0.15, 0.2) is 0 Å². The van der Waals surface area contributed by atoms with Gasteiger partial charge in [0.05, 0.1) is 31.6 Å². The number of hydrogen-bond donors (Lipinski definition) is 2. The minimum absolute atomic E-state index is 0.305. The Morgan fingerprint density at radius 1 is 1.27 bits per heavy atom. The highest BCUT2D eigenvalue weighted by molar-refractivity contribution is 6.30. The predicted molar refractivity (Wildman–Crippen MR) is 101 cm³/mol. The third-order valence-corrected chi connectivity index (χ3v) is 4.03. The van der Waals surface area contributed by atoms with E-state index in [1.807, 2.05) is 24.3 Å². The number of nitrogens with one attached hydrogen (secondary N) is 2. The van der Waals surface area contributed by atoms with E-state index < -0.39 is 0 Å². The molecule has 0 spiro atoms. The molecule has 8 heteroatoms. The minimum atomic E-state index is -0.305. The maximum Gasteiger partial charge on any atom is 0.319 e. The largest absolute Gasteiger partial charge is 0.492 e. The van der Waals surface area contributed by atoms with E-state index in [2.05, 4.69) is 20.5 Å². The number of aromatic nitrogens is 1. The van der Waals surface area contributed by atoms with Gasteiger partial charge in [-0.1, -0.05) is 17.7 Å². The Morgan fingerprint density at radius 2 is 2.12 bits per heavy atom. The molecule has 1 aliphatic rings. The summed E-state index contributed by atoms with van der Waals surface area (Å²) in [6.45, 7) is 3.79. The molecule has 138 valence electrons. The van der Waals surface area contributed by atoms with Crippen molar-refractivity contribution in [1.29, 1.82) is 0 Å². The van der Waals surface area contributed by atoms with Crippen molar-refractivity contribution in [3.63, 3.8) is 0 Å². The summed E-state index contributed by atoms with van der Waals surface area (Å²) in [4.78, 5) is 18.5. The number of nitrogens with zero attached hydrogens (tertiary/aromatic N) is 2. The first-order valence-electron chi connectivity index (χ1n) is 8.43. The summed E-state index contributed by atoms with van der Waals surface area (Å²) in [5.41, 5.74) is 0.635. The van der Waals surface area contributed by atoms with Crippen molar-refractivity contribution in [2.75, 3.05) is 49.7 Å². The molecule has 2 aromatic rings. The van der Waals surface area contributed by atoms with Crippen LogP contribution in [0.1, 0.15) is 0 Å². The second-order valence-corrected chi connectivity index (χ2v) is 6.13. The summed E-state index contributed by atoms with van der Waals surface area (Å²) in [5.74, 6) is 1.55. The van der Waals surface area contributed by atoms with Crippen LogP contribution in [0.25, 0.3) is 0 Å². The number of anilines is 2. The summed E-state index contributed by atoms with van der Waals surface area (Å²) in [7, 11) is 0. The van der Waals surface area contributed by atoms with Crippen molar-refractivity contribution in [2.45, 2.75) is 0 Å². The Balaban J connectivity index is 1.39. The Hall–Kier alpha value is -2.51. The number of halogens is 1. The van der Waals surface area contributed by atoms with Crippen LogP contribution in [0.4, 0.5) is 16.3 Å². The van der Waals surface area contributed by atoms with E-state index in [0.717, 1.165) is 18.9 Å². The molecule has 2 heterocycles. The summed E-state index contributed by atoms with van der Waals surface area (Å²) in [5, 5.41) is 6.09. The molecule has 2 N–H and O–H groups in total. The van der Waals surface area contributed by atoms with E-state index in [9.17, 15) is 4.79 Å². The van der Waals surface area contributed by atoms with Crippen LogP contribution in [-0.4, -0.2) is 50.5 Å². The van der Waals surface area contributed by atoms with Crippen LogP contribution >= 0.6 is 11.6 Å². The number of rotatable bonds is 6. The molecule has 3 rings (SSSR count). The highest BCUT2D eigenvalue weighted by Crippen LogP contribution is 2.17. The number of carbonyl (C=O) groups excluding carboxylic acids is 1. The Bertz CT molecular complexity index is 721. The lowest BCUT2D eigenvalue weighted by molar-refractivity contribution is 0.122. The van der Waals surface area contributed by atoms with Gasteiger partial charge >= 0.3 is 6.03 Å². The molecule has 0 unspecified atom stereocenters. The zero-order valence-corrected chi connectivity index (χ0v) is 15.0. The molecule has 0 saturated carbocycles. The number of benzene rings is 1. The van der Waals surface area contributed by atoms with Crippen molar-refractivity contribution in [1.82, 2.24) is 10.3 Å². The zero-order valence-electron chi connectivity index (χ0n) is 14.3. The number of amides is 2. The first-order chi connectivity index (χ1) is 12.7. The molecular formula is C18H21ClN4O3. The van der Waals surface area contributed by atoms with Gasteiger partial charge in [0.2, 0.25) is 0 Å². The molecule has 0 atom stereocenters. The molecule has 0 radical (unpaired) electrons. The van der Waals surface area contributed by atoms with E-state index >= 15 is 0 Å². The molecule has 7 nitrogen and oxygen atoms in total. The number of pyridine rings is 1. The second-order valence-electron chi connectivity index (χ2n) is 5.69. The van der Waals surface area contributed by atoms with Gasteiger partial charge in [-0.15, -0.1) is 0 Å². The van der Waals surface area contributed by atoms with Gasteiger partial charge in [-0.2, -0.15) is 0 Å². The van der Waals surface area contributed by atoms with Crippen molar-refractivity contribution in [2.24, 2.45) is 0 Å². The summed E-state index contributed by atoms with van der Waals surface area (Å²) < 4.78 is 10.8. The van der Waals surface area contributed by atoms with Gasteiger partial charge < -0.3 is 25.0 Å². The van der Waals surface area contributed by atoms with Crippen LogP contribution in [0.3, 0.4) is 0 Å². The normalized spacial score (nSPS) is 14.0. The van der Waals surface area contributed by atoms with Crippen molar-refractivity contribution < 1.29 is 14.3 Å². The maximum absolute atomic E-state index is 11.9. The molecule has 1 aromatic heterocycles. The molecule has 2 amide bonds. The molecule has 26 heavy (non-hydrogen) atoms.